The van der Waals surface area contributed by atoms with Crippen LogP contribution in [0.4, 0.5) is 0 Å². The SMILES string of the molecule is CCOC(=O)[C@@]1(CC)C[C@H]2CC[C@@H]1N2C(=O)c1cccc(-c2ccccc2OC)c1. The van der Waals surface area contributed by atoms with Gasteiger partial charge in [-0.2, -0.15) is 0 Å². The Morgan fingerprint density at radius 1 is 1.10 bits per heavy atom. The standard InChI is InChI=1S/C25H29NO4/c1-4-25(24(28)30-5-2)16-19-13-14-22(25)26(19)23(27)18-10-8-9-17(15-18)20-11-6-7-12-21(20)29-3/h6-12,15,19,22H,4-5,13-14,16H2,1-3H3/t19-,22+,25+/m1/s1. The molecule has 2 aliphatic rings. The van der Waals surface area contributed by atoms with Crippen molar-refractivity contribution >= 4 is 11.9 Å². The molecule has 4 rings (SSSR count). The number of para-hydroxylation sites is 1. The number of fused-ring (bicyclic) bond motifs is 2. The summed E-state index contributed by atoms with van der Waals surface area (Å²) in [6.45, 7) is 4.23. The Bertz CT molecular complexity index is 956. The van der Waals surface area contributed by atoms with Crippen LogP contribution in [0.15, 0.2) is 48.5 Å². The summed E-state index contributed by atoms with van der Waals surface area (Å²) in [7, 11) is 1.65. The molecule has 0 saturated carbocycles. The lowest BCUT2D eigenvalue weighted by Crippen LogP contribution is -2.45. The molecule has 0 spiro atoms. The summed E-state index contributed by atoms with van der Waals surface area (Å²) in [5.74, 6) is 0.620. The van der Waals surface area contributed by atoms with E-state index in [1.165, 1.54) is 0 Å². The minimum absolute atomic E-state index is 0.00104. The van der Waals surface area contributed by atoms with Crippen LogP contribution in [0, 0.1) is 5.41 Å². The molecule has 2 heterocycles. The predicted molar refractivity (Wildman–Crippen MR) is 115 cm³/mol. The fourth-order valence-corrected chi connectivity index (χ4v) is 5.36. The quantitative estimate of drug-likeness (QED) is 0.652. The van der Waals surface area contributed by atoms with Gasteiger partial charge in [-0.25, -0.2) is 0 Å². The number of amides is 1. The molecule has 158 valence electrons. The monoisotopic (exact) mass is 407 g/mol. The molecule has 2 bridgehead atoms. The Morgan fingerprint density at radius 3 is 2.63 bits per heavy atom. The van der Waals surface area contributed by atoms with Gasteiger partial charge < -0.3 is 14.4 Å². The van der Waals surface area contributed by atoms with Gasteiger partial charge in [0.2, 0.25) is 0 Å². The second-order valence-corrected chi connectivity index (χ2v) is 8.17. The van der Waals surface area contributed by atoms with E-state index in [-0.39, 0.29) is 24.0 Å². The van der Waals surface area contributed by atoms with E-state index in [1.54, 1.807) is 7.11 Å². The number of hydrogen-bond acceptors (Lipinski definition) is 4. The van der Waals surface area contributed by atoms with Crippen molar-refractivity contribution in [3.8, 4) is 16.9 Å². The van der Waals surface area contributed by atoms with Crippen molar-refractivity contribution in [2.45, 2.75) is 51.6 Å². The normalized spacial score (nSPS) is 24.7. The molecule has 30 heavy (non-hydrogen) atoms. The summed E-state index contributed by atoms with van der Waals surface area (Å²) in [6.07, 6.45) is 3.20. The maximum atomic E-state index is 13.6. The van der Waals surface area contributed by atoms with E-state index in [0.717, 1.165) is 29.7 Å². The zero-order chi connectivity index (χ0) is 21.3. The maximum Gasteiger partial charge on any atom is 0.314 e. The van der Waals surface area contributed by atoms with Crippen LogP contribution in [0.3, 0.4) is 0 Å². The third-order valence-electron chi connectivity index (χ3n) is 6.82. The van der Waals surface area contributed by atoms with Crippen molar-refractivity contribution in [2.24, 2.45) is 5.41 Å². The van der Waals surface area contributed by atoms with E-state index in [2.05, 4.69) is 0 Å². The fraction of sp³-hybridized carbons (Fsp3) is 0.440. The number of nitrogens with zero attached hydrogens (tertiary/aromatic N) is 1. The van der Waals surface area contributed by atoms with E-state index in [0.29, 0.717) is 25.0 Å². The number of hydrogen-bond donors (Lipinski definition) is 0. The van der Waals surface area contributed by atoms with Crippen LogP contribution in [0.5, 0.6) is 5.75 Å². The van der Waals surface area contributed by atoms with Crippen molar-refractivity contribution in [1.29, 1.82) is 0 Å². The molecule has 5 nitrogen and oxygen atoms in total. The Balaban J connectivity index is 1.65. The summed E-state index contributed by atoms with van der Waals surface area (Å²) in [6, 6.07) is 15.5. The zero-order valence-electron chi connectivity index (χ0n) is 17.9. The summed E-state index contributed by atoms with van der Waals surface area (Å²) < 4.78 is 10.9. The average molecular weight is 408 g/mol. The summed E-state index contributed by atoms with van der Waals surface area (Å²) in [5.41, 5.74) is 1.96. The first kappa shape index (κ1) is 20.5. The first-order valence-corrected chi connectivity index (χ1v) is 10.8. The van der Waals surface area contributed by atoms with Crippen molar-refractivity contribution in [1.82, 2.24) is 4.90 Å². The van der Waals surface area contributed by atoms with Crippen molar-refractivity contribution < 1.29 is 19.1 Å². The molecule has 2 aliphatic heterocycles. The van der Waals surface area contributed by atoms with E-state index in [9.17, 15) is 9.59 Å². The summed E-state index contributed by atoms with van der Waals surface area (Å²) in [4.78, 5) is 28.4. The van der Waals surface area contributed by atoms with Gasteiger partial charge in [-0.05, 0) is 56.4 Å². The maximum absolute atomic E-state index is 13.6. The van der Waals surface area contributed by atoms with Gasteiger partial charge in [0.05, 0.1) is 19.1 Å². The lowest BCUT2D eigenvalue weighted by Gasteiger charge is -2.34. The first-order valence-electron chi connectivity index (χ1n) is 10.8. The summed E-state index contributed by atoms with van der Waals surface area (Å²) in [5, 5.41) is 0. The minimum Gasteiger partial charge on any atom is -0.496 e. The third-order valence-corrected chi connectivity index (χ3v) is 6.82. The molecule has 2 fully saturated rings. The molecule has 3 atom stereocenters. The number of carbonyl (C=O) groups is 2. The second kappa shape index (κ2) is 8.13. The molecule has 1 amide bonds. The van der Waals surface area contributed by atoms with Crippen molar-refractivity contribution in [3.63, 3.8) is 0 Å². The third kappa shape index (κ3) is 3.17. The molecule has 0 N–H and O–H groups in total. The van der Waals surface area contributed by atoms with E-state index in [4.69, 9.17) is 9.47 Å². The zero-order valence-corrected chi connectivity index (χ0v) is 17.9. The largest absolute Gasteiger partial charge is 0.496 e. The molecule has 2 aromatic rings. The highest BCUT2D eigenvalue weighted by Crippen LogP contribution is 2.53. The van der Waals surface area contributed by atoms with Crippen molar-refractivity contribution in [3.05, 3.63) is 54.1 Å². The van der Waals surface area contributed by atoms with Crippen LogP contribution in [0.2, 0.25) is 0 Å². The van der Waals surface area contributed by atoms with Crippen LogP contribution in [0.25, 0.3) is 11.1 Å². The first-order chi connectivity index (χ1) is 14.6. The minimum atomic E-state index is -0.575. The predicted octanol–water partition coefficient (Wildman–Crippen LogP) is 4.70. The van der Waals surface area contributed by atoms with Crippen molar-refractivity contribution in [2.75, 3.05) is 13.7 Å². The number of esters is 1. The molecule has 2 saturated heterocycles. The van der Waals surface area contributed by atoms with Crippen LogP contribution < -0.4 is 4.74 Å². The Kier molecular flexibility index (Phi) is 5.54. The Labute approximate surface area is 178 Å². The van der Waals surface area contributed by atoms with Crippen LogP contribution in [0.1, 0.15) is 49.9 Å². The van der Waals surface area contributed by atoms with Gasteiger partial charge in [0, 0.05) is 23.2 Å². The summed E-state index contributed by atoms with van der Waals surface area (Å²) >= 11 is 0. The van der Waals surface area contributed by atoms with Gasteiger partial charge in [-0.3, -0.25) is 9.59 Å². The highest BCUT2D eigenvalue weighted by molar-refractivity contribution is 5.97. The van der Waals surface area contributed by atoms with E-state index in [1.807, 2.05) is 67.3 Å². The lowest BCUT2D eigenvalue weighted by atomic mass is 9.72. The van der Waals surface area contributed by atoms with Gasteiger partial charge in [0.25, 0.3) is 5.91 Å². The number of carbonyl (C=O) groups excluding carboxylic acids is 2. The molecule has 5 heteroatoms. The molecular formula is C25H29NO4. The number of benzene rings is 2. The smallest absolute Gasteiger partial charge is 0.314 e. The van der Waals surface area contributed by atoms with E-state index >= 15 is 0 Å². The molecule has 0 unspecified atom stereocenters. The average Bonchev–Trinajstić information content (AvgIpc) is 3.35. The van der Waals surface area contributed by atoms with Gasteiger partial charge in [0.15, 0.2) is 0 Å². The topological polar surface area (TPSA) is 55.8 Å². The Hall–Kier alpha value is -2.82. The Morgan fingerprint density at radius 2 is 1.90 bits per heavy atom. The highest BCUT2D eigenvalue weighted by Gasteiger charge is 2.61. The molecule has 0 aromatic heterocycles. The van der Waals surface area contributed by atoms with Crippen LogP contribution >= 0.6 is 0 Å². The molecule has 2 aromatic carbocycles. The van der Waals surface area contributed by atoms with E-state index < -0.39 is 5.41 Å². The molecule has 0 aliphatic carbocycles. The van der Waals surface area contributed by atoms with Gasteiger partial charge in [-0.15, -0.1) is 0 Å². The number of ether oxygens (including phenoxy) is 2. The van der Waals surface area contributed by atoms with Gasteiger partial charge in [0.1, 0.15) is 5.75 Å². The van der Waals surface area contributed by atoms with Crippen LogP contribution in [-0.4, -0.2) is 42.6 Å². The number of rotatable bonds is 6. The highest BCUT2D eigenvalue weighted by atomic mass is 16.5. The fourth-order valence-electron chi connectivity index (χ4n) is 5.36. The second-order valence-electron chi connectivity index (χ2n) is 8.17. The molecular weight excluding hydrogens is 378 g/mol. The molecule has 0 radical (unpaired) electrons. The van der Waals surface area contributed by atoms with Gasteiger partial charge in [-0.1, -0.05) is 37.3 Å². The van der Waals surface area contributed by atoms with Crippen LogP contribution in [-0.2, 0) is 9.53 Å². The van der Waals surface area contributed by atoms with Gasteiger partial charge >= 0.3 is 5.97 Å². The lowest BCUT2D eigenvalue weighted by molar-refractivity contribution is -0.157. The number of methoxy groups -OCH3 is 1.